The maximum absolute atomic E-state index is 14.5. The van der Waals surface area contributed by atoms with Crippen molar-refractivity contribution in [2.45, 2.75) is 20.0 Å². The van der Waals surface area contributed by atoms with Gasteiger partial charge in [0.25, 0.3) is 0 Å². The average Bonchev–Trinajstić information content (AvgIpc) is 2.72. The zero-order chi connectivity index (χ0) is 24.1. The minimum atomic E-state index is -4.89. The fourth-order valence-corrected chi connectivity index (χ4v) is 2.77. The lowest BCUT2D eigenvalue weighted by Gasteiger charge is -2.26. The Labute approximate surface area is 185 Å². The summed E-state index contributed by atoms with van der Waals surface area (Å²) >= 11 is 5.98. The third-order valence-corrected chi connectivity index (χ3v) is 4.26. The zero-order valence-corrected chi connectivity index (χ0v) is 17.9. The van der Waals surface area contributed by atoms with Crippen LogP contribution in [0.5, 0.6) is 17.4 Å². The molecule has 0 N–H and O–H groups in total. The Morgan fingerprint density at radius 3 is 2.41 bits per heavy atom. The van der Waals surface area contributed by atoms with E-state index in [-0.39, 0.29) is 27.0 Å². The Morgan fingerprint density at radius 2 is 1.88 bits per heavy atom. The number of urea groups is 1. The fraction of sp³-hybridized carbons (Fsp3) is 0.250. The summed E-state index contributed by atoms with van der Waals surface area (Å²) in [5, 5.41) is -0.311. The van der Waals surface area contributed by atoms with Gasteiger partial charge in [0.1, 0.15) is 10.7 Å². The van der Waals surface area contributed by atoms with Gasteiger partial charge in [-0.15, -0.1) is 0 Å². The molecule has 0 saturated heterocycles. The number of alkyl halides is 3. The van der Waals surface area contributed by atoms with E-state index in [9.17, 15) is 27.2 Å². The number of carbonyl (C=O) groups excluding carboxylic acids is 2. The SMILES string of the molecule is C/C=C(\N(C)C(=O)N(C=O)c1nc(Oc2ccccc2OCC)c(Cl)cc1F)C(F)(F)F. The Bertz CT molecular complexity index is 1030. The molecular formula is C20H18ClF4N3O4. The van der Waals surface area contributed by atoms with Gasteiger partial charge in [0.05, 0.1) is 6.61 Å². The molecule has 0 atom stereocenters. The van der Waals surface area contributed by atoms with E-state index in [0.29, 0.717) is 24.5 Å². The van der Waals surface area contributed by atoms with Crippen LogP contribution in [0.15, 0.2) is 42.1 Å². The van der Waals surface area contributed by atoms with Gasteiger partial charge >= 0.3 is 12.2 Å². The highest BCUT2D eigenvalue weighted by atomic mass is 35.5. The standard InChI is InChI=1S/C20H18ClF4N3O4/c1-4-16(20(23,24)25)27(3)19(30)28(11-29)17-13(22)10-12(21)18(26-17)32-15-9-7-6-8-14(15)31-5-2/h4,6-11H,5H2,1-3H3/b16-4-. The van der Waals surface area contributed by atoms with Crippen LogP contribution in [0, 0.1) is 5.82 Å². The summed E-state index contributed by atoms with van der Waals surface area (Å²) in [4.78, 5) is 28.1. The summed E-state index contributed by atoms with van der Waals surface area (Å²) in [6.07, 6.45) is -4.43. The molecule has 32 heavy (non-hydrogen) atoms. The van der Waals surface area contributed by atoms with Crippen molar-refractivity contribution in [2.75, 3.05) is 18.6 Å². The largest absolute Gasteiger partial charge is 0.490 e. The minimum absolute atomic E-state index is 0.0716. The molecule has 0 unspecified atom stereocenters. The topological polar surface area (TPSA) is 72.0 Å². The first-order valence-corrected chi connectivity index (χ1v) is 9.44. The molecule has 7 nitrogen and oxygen atoms in total. The molecule has 0 fully saturated rings. The van der Waals surface area contributed by atoms with Crippen LogP contribution in [0.1, 0.15) is 13.8 Å². The molecule has 0 saturated carbocycles. The van der Waals surface area contributed by atoms with Crippen LogP contribution in [0.4, 0.5) is 28.2 Å². The number of nitrogens with zero attached hydrogens (tertiary/aromatic N) is 3. The van der Waals surface area contributed by atoms with Crippen molar-refractivity contribution in [1.82, 2.24) is 9.88 Å². The van der Waals surface area contributed by atoms with E-state index in [1.807, 2.05) is 0 Å². The number of hydrogen-bond acceptors (Lipinski definition) is 5. The van der Waals surface area contributed by atoms with E-state index < -0.39 is 35.4 Å². The Morgan fingerprint density at radius 1 is 1.25 bits per heavy atom. The molecule has 1 heterocycles. The molecule has 0 aliphatic rings. The molecule has 0 aliphatic carbocycles. The molecular weight excluding hydrogens is 458 g/mol. The van der Waals surface area contributed by atoms with E-state index in [2.05, 4.69) is 4.98 Å². The van der Waals surface area contributed by atoms with Crippen LogP contribution in [0.2, 0.25) is 5.02 Å². The van der Waals surface area contributed by atoms with Crippen molar-refractivity contribution >= 4 is 29.9 Å². The quantitative estimate of drug-likeness (QED) is 0.388. The van der Waals surface area contributed by atoms with Crippen molar-refractivity contribution in [3.63, 3.8) is 0 Å². The van der Waals surface area contributed by atoms with Crippen molar-refractivity contribution in [2.24, 2.45) is 0 Å². The molecule has 0 bridgehead atoms. The Balaban J connectivity index is 2.47. The third-order valence-electron chi connectivity index (χ3n) is 3.99. The van der Waals surface area contributed by atoms with Gasteiger partial charge in [-0.2, -0.15) is 18.2 Å². The number of amides is 3. The first-order chi connectivity index (χ1) is 15.0. The lowest BCUT2D eigenvalue weighted by atomic mass is 10.3. The van der Waals surface area contributed by atoms with Crippen LogP contribution in [-0.4, -0.2) is 42.2 Å². The number of carbonyl (C=O) groups is 2. The van der Waals surface area contributed by atoms with Crippen LogP contribution in [-0.2, 0) is 4.79 Å². The van der Waals surface area contributed by atoms with E-state index in [0.717, 1.165) is 14.0 Å². The number of anilines is 1. The molecule has 2 rings (SSSR count). The predicted octanol–water partition coefficient (Wildman–Crippen LogP) is 5.55. The van der Waals surface area contributed by atoms with E-state index >= 15 is 0 Å². The second kappa shape index (κ2) is 10.3. The summed E-state index contributed by atoms with van der Waals surface area (Å²) in [7, 11) is 0.783. The number of allylic oxidation sites excluding steroid dienone is 2. The number of hydrogen-bond donors (Lipinski definition) is 0. The first kappa shape index (κ1) is 24.9. The maximum Gasteiger partial charge on any atom is 0.431 e. The number of benzene rings is 1. The number of para-hydroxylation sites is 2. The summed E-state index contributed by atoms with van der Waals surface area (Å²) in [5.41, 5.74) is -1.36. The van der Waals surface area contributed by atoms with Crippen molar-refractivity contribution in [3.05, 3.63) is 52.9 Å². The lowest BCUT2D eigenvalue weighted by Crippen LogP contribution is -2.43. The number of imide groups is 1. The van der Waals surface area contributed by atoms with Gasteiger partial charge in [-0.05, 0) is 26.0 Å². The average molecular weight is 476 g/mol. The zero-order valence-electron chi connectivity index (χ0n) is 17.1. The predicted molar refractivity (Wildman–Crippen MR) is 108 cm³/mol. The third kappa shape index (κ3) is 5.47. The van der Waals surface area contributed by atoms with Crippen LogP contribution >= 0.6 is 11.6 Å². The smallest absolute Gasteiger partial charge is 0.431 e. The lowest BCUT2D eigenvalue weighted by molar-refractivity contribution is -0.109. The second-order valence-electron chi connectivity index (χ2n) is 6.05. The molecule has 2 aromatic rings. The Hall–Kier alpha value is -3.34. The molecule has 1 aromatic heterocycles. The normalized spacial score (nSPS) is 11.7. The highest BCUT2D eigenvalue weighted by Gasteiger charge is 2.40. The van der Waals surface area contributed by atoms with Gasteiger partial charge in [0.2, 0.25) is 12.3 Å². The number of rotatable bonds is 7. The van der Waals surface area contributed by atoms with E-state index in [4.69, 9.17) is 21.1 Å². The molecule has 0 aliphatic heterocycles. The van der Waals surface area contributed by atoms with Crippen molar-refractivity contribution in [1.29, 1.82) is 0 Å². The van der Waals surface area contributed by atoms with E-state index in [1.54, 1.807) is 25.1 Å². The summed E-state index contributed by atoms with van der Waals surface area (Å²) in [6, 6.07) is 5.59. The van der Waals surface area contributed by atoms with Crippen molar-refractivity contribution < 1.29 is 36.6 Å². The molecule has 12 heteroatoms. The van der Waals surface area contributed by atoms with Gasteiger partial charge in [-0.1, -0.05) is 29.8 Å². The van der Waals surface area contributed by atoms with Gasteiger partial charge in [0.15, 0.2) is 23.1 Å². The van der Waals surface area contributed by atoms with Gasteiger partial charge < -0.3 is 9.47 Å². The van der Waals surface area contributed by atoms with Gasteiger partial charge in [-0.25, -0.2) is 14.1 Å². The number of aromatic nitrogens is 1. The number of halogens is 5. The molecule has 0 radical (unpaired) electrons. The molecule has 3 amide bonds. The van der Waals surface area contributed by atoms with Gasteiger partial charge in [0, 0.05) is 13.1 Å². The molecule has 1 aromatic carbocycles. The van der Waals surface area contributed by atoms with Crippen LogP contribution < -0.4 is 14.4 Å². The van der Waals surface area contributed by atoms with Crippen LogP contribution in [0.25, 0.3) is 0 Å². The summed E-state index contributed by atoms with van der Waals surface area (Å²) in [5.74, 6) is -2.08. The first-order valence-electron chi connectivity index (χ1n) is 9.06. The number of pyridine rings is 1. The minimum Gasteiger partial charge on any atom is -0.490 e. The van der Waals surface area contributed by atoms with Crippen molar-refractivity contribution in [3.8, 4) is 17.4 Å². The number of ether oxygens (including phenoxy) is 2. The molecule has 0 spiro atoms. The van der Waals surface area contributed by atoms with Crippen LogP contribution in [0.3, 0.4) is 0 Å². The highest BCUT2D eigenvalue weighted by molar-refractivity contribution is 6.32. The van der Waals surface area contributed by atoms with Gasteiger partial charge in [-0.3, -0.25) is 9.69 Å². The summed E-state index contributed by atoms with van der Waals surface area (Å²) in [6.45, 7) is 3.10. The monoisotopic (exact) mass is 475 g/mol. The Kier molecular flexibility index (Phi) is 8.03. The summed E-state index contributed by atoms with van der Waals surface area (Å²) < 4.78 is 64.9. The maximum atomic E-state index is 14.5. The molecule has 172 valence electrons. The van der Waals surface area contributed by atoms with E-state index in [1.165, 1.54) is 6.07 Å². The highest BCUT2D eigenvalue weighted by Crippen LogP contribution is 2.36. The fourth-order valence-electron chi connectivity index (χ4n) is 2.59. The second-order valence-corrected chi connectivity index (χ2v) is 6.46.